The average molecular weight is 458 g/mol. The highest BCUT2D eigenvalue weighted by atomic mass is 16.3. The monoisotopic (exact) mass is 457 g/mol. The molecule has 10 N–H and O–H groups in total. The van der Waals surface area contributed by atoms with E-state index in [1.54, 1.807) is 11.9 Å². The third-order valence-corrected chi connectivity index (χ3v) is 4.68. The molecule has 0 aliphatic heterocycles. The number of likely N-dealkylation sites (N-methyl/N-ethyl adjacent to an activating group) is 1. The molecule has 0 spiro atoms. The van der Waals surface area contributed by atoms with Gasteiger partial charge in [-0.15, -0.1) is 0 Å². The Kier molecular flexibility index (Phi) is 9.80. The highest BCUT2D eigenvalue weighted by Crippen LogP contribution is 2.09. The molecule has 0 bridgehead atoms. The van der Waals surface area contributed by atoms with Gasteiger partial charge in [0, 0.05) is 64.4 Å². The summed E-state index contributed by atoms with van der Waals surface area (Å²) in [5, 5.41) is 3.04. The van der Waals surface area contributed by atoms with E-state index >= 15 is 0 Å². The molecule has 180 valence electrons. The lowest BCUT2D eigenvalue weighted by atomic mass is 10.3. The third kappa shape index (κ3) is 9.37. The molecular formula is C21H35N11O. The Morgan fingerprint density at radius 2 is 1.76 bits per heavy atom. The van der Waals surface area contributed by atoms with Crippen molar-refractivity contribution in [1.82, 2.24) is 15.2 Å². The van der Waals surface area contributed by atoms with Crippen LogP contribution in [0.3, 0.4) is 0 Å². The maximum atomic E-state index is 6.05. The summed E-state index contributed by atoms with van der Waals surface area (Å²) in [6.07, 6.45) is 2.09. The number of rotatable bonds is 9. The van der Waals surface area contributed by atoms with Gasteiger partial charge in [-0.05, 0) is 31.2 Å². The first-order chi connectivity index (χ1) is 15.8. The van der Waals surface area contributed by atoms with Gasteiger partial charge >= 0.3 is 0 Å². The minimum atomic E-state index is -0.0463. The van der Waals surface area contributed by atoms with E-state index < -0.39 is 0 Å². The summed E-state index contributed by atoms with van der Waals surface area (Å²) < 4.78 is 5.86. The summed E-state index contributed by atoms with van der Waals surface area (Å²) in [6, 6.07) is 7.94. The highest BCUT2D eigenvalue weighted by molar-refractivity contribution is 5.93. The van der Waals surface area contributed by atoms with E-state index in [9.17, 15) is 0 Å². The van der Waals surface area contributed by atoms with Crippen LogP contribution in [0, 0.1) is 6.92 Å². The molecule has 0 atom stereocenters. The average Bonchev–Trinajstić information content (AvgIpc) is 3.39. The number of nitrogens with zero attached hydrogens (tertiary/aromatic N) is 5. The van der Waals surface area contributed by atoms with Crippen LogP contribution in [0.4, 0.5) is 0 Å². The summed E-state index contributed by atoms with van der Waals surface area (Å²) in [4.78, 5) is 21.3. The van der Waals surface area contributed by atoms with Crippen molar-refractivity contribution in [2.24, 2.45) is 42.9 Å². The Morgan fingerprint density at radius 1 is 1.03 bits per heavy atom. The Hall–Kier alpha value is -3.96. The van der Waals surface area contributed by atoms with Gasteiger partial charge in [0.15, 0.2) is 11.9 Å². The maximum absolute atomic E-state index is 6.05. The van der Waals surface area contributed by atoms with Crippen molar-refractivity contribution in [3.05, 3.63) is 47.2 Å². The fourth-order valence-corrected chi connectivity index (χ4v) is 2.91. The van der Waals surface area contributed by atoms with Gasteiger partial charge in [0.2, 0.25) is 11.9 Å². The standard InChI is InChI=1S/C21H35N11O/c1-14-4-5-15(29-14)8-11-27-19(24)31-20(25)32(3)13-10-17-7-6-16(33-17)9-12-28-21(26-2)30-18(22)23/h4-7,29H,8-13H2,1-3H3,(H4,24,25,27,31)(H5,22,23,26,28,30). The van der Waals surface area contributed by atoms with Gasteiger partial charge in [-0.3, -0.25) is 9.98 Å². The molecule has 33 heavy (non-hydrogen) atoms. The fraction of sp³-hybridized carbons (Fsp3) is 0.429. The first-order valence-corrected chi connectivity index (χ1v) is 10.6. The highest BCUT2D eigenvalue weighted by Gasteiger charge is 2.07. The summed E-state index contributed by atoms with van der Waals surface area (Å²) in [5.74, 6) is 2.48. The van der Waals surface area contributed by atoms with Gasteiger partial charge in [-0.1, -0.05) is 0 Å². The van der Waals surface area contributed by atoms with Crippen LogP contribution in [0.2, 0.25) is 0 Å². The quantitative estimate of drug-likeness (QED) is 0.218. The summed E-state index contributed by atoms with van der Waals surface area (Å²) >= 11 is 0. The van der Waals surface area contributed by atoms with Gasteiger partial charge < -0.3 is 42.6 Å². The Balaban J connectivity index is 1.75. The molecule has 0 saturated heterocycles. The predicted molar refractivity (Wildman–Crippen MR) is 133 cm³/mol. The molecular weight excluding hydrogens is 422 g/mol. The minimum Gasteiger partial charge on any atom is -0.466 e. The van der Waals surface area contributed by atoms with Crippen LogP contribution in [-0.2, 0) is 19.3 Å². The SMILES string of the molecule is CN=C(N=C(N)N)NCCc1ccc(CCN(C)C(N)=NC(N)=NCCc2ccc(C)[nH]2)o1. The Morgan fingerprint density at radius 3 is 2.39 bits per heavy atom. The molecule has 0 saturated carbocycles. The second-order valence-corrected chi connectivity index (χ2v) is 7.43. The molecule has 0 aliphatic rings. The van der Waals surface area contributed by atoms with Crippen molar-refractivity contribution in [3.63, 3.8) is 0 Å². The molecule has 0 aliphatic carbocycles. The smallest absolute Gasteiger partial charge is 0.220 e. The maximum Gasteiger partial charge on any atom is 0.220 e. The van der Waals surface area contributed by atoms with Gasteiger partial charge in [0.05, 0.1) is 0 Å². The van der Waals surface area contributed by atoms with Gasteiger partial charge in [-0.2, -0.15) is 9.98 Å². The zero-order chi connectivity index (χ0) is 24.2. The predicted octanol–water partition coefficient (Wildman–Crippen LogP) is -0.346. The molecule has 0 aromatic carbocycles. The number of furan rings is 1. The van der Waals surface area contributed by atoms with Crippen molar-refractivity contribution in [3.8, 4) is 0 Å². The third-order valence-electron chi connectivity index (χ3n) is 4.68. The van der Waals surface area contributed by atoms with E-state index in [-0.39, 0.29) is 11.9 Å². The van der Waals surface area contributed by atoms with Crippen molar-refractivity contribution in [2.45, 2.75) is 26.2 Å². The van der Waals surface area contributed by atoms with Crippen LogP contribution < -0.4 is 28.3 Å². The Labute approximate surface area is 193 Å². The number of hydrogen-bond donors (Lipinski definition) is 6. The van der Waals surface area contributed by atoms with E-state index in [1.165, 1.54) is 0 Å². The van der Waals surface area contributed by atoms with E-state index in [0.29, 0.717) is 44.4 Å². The van der Waals surface area contributed by atoms with Crippen LogP contribution in [0.15, 0.2) is 48.7 Å². The van der Waals surface area contributed by atoms with Crippen molar-refractivity contribution >= 4 is 23.8 Å². The van der Waals surface area contributed by atoms with Crippen LogP contribution in [0.5, 0.6) is 0 Å². The second kappa shape index (κ2) is 12.8. The lowest BCUT2D eigenvalue weighted by molar-refractivity contribution is 0.427. The van der Waals surface area contributed by atoms with Crippen molar-refractivity contribution in [2.75, 3.05) is 33.7 Å². The van der Waals surface area contributed by atoms with Crippen LogP contribution in [0.25, 0.3) is 0 Å². The minimum absolute atomic E-state index is 0.0463. The van der Waals surface area contributed by atoms with Crippen LogP contribution in [-0.4, -0.2) is 67.5 Å². The number of nitrogens with one attached hydrogen (secondary N) is 2. The van der Waals surface area contributed by atoms with E-state index in [0.717, 1.165) is 29.3 Å². The fourth-order valence-electron chi connectivity index (χ4n) is 2.91. The molecule has 2 rings (SSSR count). The van der Waals surface area contributed by atoms with Gasteiger partial charge in [0.25, 0.3) is 0 Å². The molecule has 0 unspecified atom stereocenters. The Bertz CT molecular complexity index is 996. The summed E-state index contributed by atoms with van der Waals surface area (Å²) in [7, 11) is 3.45. The first kappa shape index (κ1) is 25.3. The summed E-state index contributed by atoms with van der Waals surface area (Å²) in [5.41, 5.74) is 24.9. The molecule has 2 aromatic heterocycles. The zero-order valence-corrected chi connectivity index (χ0v) is 19.5. The lowest BCUT2D eigenvalue weighted by Crippen LogP contribution is -2.37. The summed E-state index contributed by atoms with van der Waals surface area (Å²) in [6.45, 7) is 3.75. The molecule has 0 amide bonds. The first-order valence-electron chi connectivity index (χ1n) is 10.6. The van der Waals surface area contributed by atoms with Crippen molar-refractivity contribution < 1.29 is 4.42 Å². The number of guanidine groups is 4. The van der Waals surface area contributed by atoms with Crippen LogP contribution >= 0.6 is 0 Å². The number of aryl methyl sites for hydroxylation is 1. The molecule has 2 heterocycles. The number of aliphatic imine (C=N–C) groups is 4. The van der Waals surface area contributed by atoms with Crippen molar-refractivity contribution in [1.29, 1.82) is 0 Å². The largest absolute Gasteiger partial charge is 0.466 e. The molecule has 12 heteroatoms. The van der Waals surface area contributed by atoms with E-state index in [4.69, 9.17) is 27.4 Å². The molecule has 0 fully saturated rings. The van der Waals surface area contributed by atoms with Gasteiger partial charge in [0.1, 0.15) is 11.5 Å². The topological polar surface area (TPSA) is 198 Å². The number of nitrogens with two attached hydrogens (primary N) is 4. The number of aromatic amines is 1. The van der Waals surface area contributed by atoms with Crippen LogP contribution in [0.1, 0.15) is 22.9 Å². The molecule has 12 nitrogen and oxygen atoms in total. The lowest BCUT2D eigenvalue weighted by Gasteiger charge is -2.16. The van der Waals surface area contributed by atoms with E-state index in [2.05, 4.69) is 30.3 Å². The second-order valence-electron chi connectivity index (χ2n) is 7.43. The number of aromatic nitrogens is 1. The zero-order valence-electron chi connectivity index (χ0n) is 19.5. The molecule has 2 aromatic rings. The number of H-pyrrole nitrogens is 1. The van der Waals surface area contributed by atoms with E-state index in [1.807, 2.05) is 38.2 Å². The number of hydrogen-bond acceptors (Lipinski definition) is 3. The normalized spacial score (nSPS) is 12.6. The molecule has 0 radical (unpaired) electrons. The van der Waals surface area contributed by atoms with Gasteiger partial charge in [-0.25, -0.2) is 0 Å².